The van der Waals surface area contributed by atoms with E-state index < -0.39 is 24.0 Å². The standard InChI is InChI=1S/C24H33F2INO4P/c1-24-15(9-18(26)10-16(24)11-27)3-6-23(32-24)20(30)13-28(33)12-19(29)22-5-2-14-8-17(25)4-7-21(14)31-22/h4,7-9,16,18-20,22-23,29-30H,2-3,5-6,10-13,33H2,1H3/t16?,18?,19?,20?,22?,23?,24-/m0/s1. The normalized spacial score (nSPS) is 33.5. The fourth-order valence-corrected chi connectivity index (χ4v) is 6.94. The van der Waals surface area contributed by atoms with Gasteiger partial charge >= 0.3 is 0 Å². The third-order valence-electron chi connectivity index (χ3n) is 7.29. The minimum Gasteiger partial charge on any atom is -0.487 e. The Balaban J connectivity index is 1.31. The van der Waals surface area contributed by atoms with Crippen LogP contribution in [0.3, 0.4) is 0 Å². The summed E-state index contributed by atoms with van der Waals surface area (Å²) in [5.41, 5.74) is 1.29. The summed E-state index contributed by atoms with van der Waals surface area (Å²) in [6.07, 6.45) is 1.63. The van der Waals surface area contributed by atoms with Crippen molar-refractivity contribution >= 4 is 32.0 Å². The molecule has 0 spiro atoms. The van der Waals surface area contributed by atoms with E-state index in [2.05, 4.69) is 32.0 Å². The number of aliphatic hydroxyl groups excluding tert-OH is 2. The molecule has 2 aliphatic heterocycles. The van der Waals surface area contributed by atoms with Gasteiger partial charge in [-0.15, -0.1) is 0 Å². The first-order valence-corrected chi connectivity index (χ1v) is 13.6. The van der Waals surface area contributed by atoms with Crippen LogP contribution in [-0.4, -0.2) is 68.6 Å². The Kier molecular flexibility index (Phi) is 8.34. The molecule has 9 heteroatoms. The number of aryl methyl sites for hydroxylation is 1. The Morgan fingerprint density at radius 3 is 2.64 bits per heavy atom. The summed E-state index contributed by atoms with van der Waals surface area (Å²) in [4.78, 5) is 0. The quantitative estimate of drug-likeness (QED) is 0.216. The maximum atomic E-state index is 14.1. The van der Waals surface area contributed by atoms with Crippen LogP contribution in [0.2, 0.25) is 0 Å². The Bertz CT molecular complexity index is 877. The van der Waals surface area contributed by atoms with Crippen molar-refractivity contribution < 1.29 is 28.5 Å². The summed E-state index contributed by atoms with van der Waals surface area (Å²) in [5, 5.41) is 21.6. The molecule has 1 aliphatic carbocycles. The number of alkyl halides is 2. The zero-order valence-electron chi connectivity index (χ0n) is 18.8. The lowest BCUT2D eigenvalue weighted by Crippen LogP contribution is -2.53. The van der Waals surface area contributed by atoms with Crippen LogP contribution in [-0.2, 0) is 11.2 Å². The summed E-state index contributed by atoms with van der Waals surface area (Å²) in [6, 6.07) is 4.44. The Morgan fingerprint density at radius 2 is 1.91 bits per heavy atom. The van der Waals surface area contributed by atoms with Crippen LogP contribution in [0.1, 0.15) is 38.2 Å². The maximum absolute atomic E-state index is 14.1. The van der Waals surface area contributed by atoms with E-state index >= 15 is 0 Å². The molecule has 1 aromatic carbocycles. The average Bonchev–Trinajstić information content (AvgIpc) is 2.77. The number of rotatable bonds is 7. The summed E-state index contributed by atoms with van der Waals surface area (Å²) in [6.45, 7) is 2.65. The molecule has 33 heavy (non-hydrogen) atoms. The van der Waals surface area contributed by atoms with Gasteiger partial charge in [0, 0.05) is 23.4 Å². The van der Waals surface area contributed by atoms with Crippen LogP contribution in [0.5, 0.6) is 5.75 Å². The summed E-state index contributed by atoms with van der Waals surface area (Å²) >= 11 is 2.29. The summed E-state index contributed by atoms with van der Waals surface area (Å²) in [5.74, 6) is 0.407. The topological polar surface area (TPSA) is 62.2 Å². The van der Waals surface area contributed by atoms with Gasteiger partial charge in [0.05, 0.1) is 17.8 Å². The number of allylic oxidation sites excluding steroid dienone is 1. The average molecular weight is 595 g/mol. The highest BCUT2D eigenvalue weighted by molar-refractivity contribution is 14.1. The molecular weight excluding hydrogens is 562 g/mol. The molecule has 8 atom stereocenters. The number of hydrogen-bond acceptors (Lipinski definition) is 5. The number of benzene rings is 1. The van der Waals surface area contributed by atoms with Crippen molar-refractivity contribution in [2.45, 2.75) is 75.2 Å². The van der Waals surface area contributed by atoms with Gasteiger partial charge in [0.1, 0.15) is 29.9 Å². The Labute approximate surface area is 210 Å². The molecule has 0 radical (unpaired) electrons. The third-order valence-corrected chi connectivity index (χ3v) is 8.77. The van der Waals surface area contributed by atoms with Gasteiger partial charge in [-0.05, 0) is 74.4 Å². The molecule has 3 aliphatic rings. The first kappa shape index (κ1) is 25.7. The Hall–Kier alpha value is -0.380. The molecule has 5 nitrogen and oxygen atoms in total. The number of nitrogens with zero attached hydrogens (tertiary/aromatic N) is 1. The molecule has 1 saturated heterocycles. The van der Waals surface area contributed by atoms with Crippen LogP contribution in [0.4, 0.5) is 8.78 Å². The van der Waals surface area contributed by atoms with Crippen LogP contribution in [0.25, 0.3) is 0 Å². The van der Waals surface area contributed by atoms with Crippen LogP contribution < -0.4 is 4.74 Å². The maximum Gasteiger partial charge on any atom is 0.126 e. The van der Waals surface area contributed by atoms with Crippen molar-refractivity contribution in [1.29, 1.82) is 0 Å². The SMILES string of the molecule is C[C@]12OC(C(O)CN(P)CC(O)C3CCc4cc(F)ccc4O3)CCC1=CC(F)CC2CI. The van der Waals surface area contributed by atoms with E-state index in [4.69, 9.17) is 9.47 Å². The van der Waals surface area contributed by atoms with E-state index in [1.165, 1.54) is 12.1 Å². The predicted molar refractivity (Wildman–Crippen MR) is 135 cm³/mol. The predicted octanol–water partition coefficient (Wildman–Crippen LogP) is 3.99. The smallest absolute Gasteiger partial charge is 0.126 e. The second-order valence-electron chi connectivity index (χ2n) is 9.63. The van der Waals surface area contributed by atoms with Crippen molar-refractivity contribution in [1.82, 2.24) is 4.67 Å². The van der Waals surface area contributed by atoms with Gasteiger partial charge in [0.15, 0.2) is 0 Å². The lowest BCUT2D eigenvalue weighted by Gasteiger charge is -2.49. The van der Waals surface area contributed by atoms with E-state index in [1.807, 2.05) is 11.6 Å². The first-order chi connectivity index (χ1) is 15.7. The fraction of sp³-hybridized carbons (Fsp3) is 0.667. The lowest BCUT2D eigenvalue weighted by atomic mass is 9.72. The van der Waals surface area contributed by atoms with Crippen molar-refractivity contribution in [3.05, 3.63) is 41.2 Å². The lowest BCUT2D eigenvalue weighted by molar-refractivity contribution is -0.156. The molecule has 0 bridgehead atoms. The van der Waals surface area contributed by atoms with E-state index in [9.17, 15) is 19.0 Å². The molecule has 0 amide bonds. The van der Waals surface area contributed by atoms with Gasteiger partial charge in [0.25, 0.3) is 0 Å². The second-order valence-corrected chi connectivity index (χ2v) is 11.2. The minimum atomic E-state index is -0.921. The van der Waals surface area contributed by atoms with Crippen LogP contribution >= 0.6 is 32.0 Å². The van der Waals surface area contributed by atoms with Crippen molar-refractivity contribution in [3.63, 3.8) is 0 Å². The number of fused-ring (bicyclic) bond motifs is 2. The van der Waals surface area contributed by atoms with Crippen molar-refractivity contribution in [2.75, 3.05) is 17.5 Å². The van der Waals surface area contributed by atoms with Crippen LogP contribution in [0.15, 0.2) is 29.8 Å². The van der Waals surface area contributed by atoms with Crippen molar-refractivity contribution in [3.8, 4) is 5.75 Å². The van der Waals surface area contributed by atoms with Gasteiger partial charge in [-0.2, -0.15) is 0 Å². The highest BCUT2D eigenvalue weighted by Crippen LogP contribution is 2.46. The molecule has 4 rings (SSSR count). The zero-order valence-corrected chi connectivity index (χ0v) is 22.1. The number of halogens is 3. The summed E-state index contributed by atoms with van der Waals surface area (Å²) in [7, 11) is 2.57. The highest BCUT2D eigenvalue weighted by Gasteiger charge is 2.47. The van der Waals surface area contributed by atoms with Crippen molar-refractivity contribution in [2.24, 2.45) is 5.92 Å². The van der Waals surface area contributed by atoms with Gasteiger partial charge in [-0.3, -0.25) is 4.67 Å². The van der Waals surface area contributed by atoms with E-state index in [0.717, 1.165) is 22.0 Å². The molecule has 0 aromatic heterocycles. The molecule has 2 heterocycles. The number of ether oxygens (including phenoxy) is 2. The molecule has 7 unspecified atom stereocenters. The van der Waals surface area contributed by atoms with Gasteiger partial charge in [-0.1, -0.05) is 32.0 Å². The van der Waals surface area contributed by atoms with Gasteiger partial charge < -0.3 is 19.7 Å². The molecule has 2 N–H and O–H groups in total. The number of hydrogen-bond donors (Lipinski definition) is 2. The molecule has 0 saturated carbocycles. The summed E-state index contributed by atoms with van der Waals surface area (Å²) < 4.78 is 42.4. The minimum absolute atomic E-state index is 0.0804. The fourth-order valence-electron chi connectivity index (χ4n) is 5.31. The van der Waals surface area contributed by atoms with E-state index in [-0.39, 0.29) is 23.9 Å². The highest BCUT2D eigenvalue weighted by atomic mass is 127. The van der Waals surface area contributed by atoms with Gasteiger partial charge in [0.2, 0.25) is 0 Å². The van der Waals surface area contributed by atoms with Gasteiger partial charge in [-0.25, -0.2) is 8.78 Å². The molecule has 1 fully saturated rings. The first-order valence-electron chi connectivity index (χ1n) is 11.6. The Morgan fingerprint density at radius 1 is 1.21 bits per heavy atom. The molecule has 1 aromatic rings. The monoisotopic (exact) mass is 595 g/mol. The molecule has 184 valence electrons. The second kappa shape index (κ2) is 10.7. The number of aliphatic hydroxyl groups is 2. The third kappa shape index (κ3) is 5.72. The zero-order chi connectivity index (χ0) is 23.8. The largest absolute Gasteiger partial charge is 0.487 e. The molecular formula is C24H33F2INO4P. The van der Waals surface area contributed by atoms with Crippen LogP contribution in [0, 0.1) is 11.7 Å². The van der Waals surface area contributed by atoms with E-state index in [1.54, 1.807) is 12.1 Å². The van der Waals surface area contributed by atoms with E-state index in [0.29, 0.717) is 44.5 Å².